The van der Waals surface area contributed by atoms with Crippen LogP contribution in [0, 0.1) is 25.2 Å². The zero-order valence-corrected chi connectivity index (χ0v) is 13.5. The SMILES string of the molecule is Cc1cc(C)n2nc(CC(=O)NC3(C#N)CCCCC3)nc2n1. The molecule has 23 heavy (non-hydrogen) atoms. The molecule has 0 unspecified atom stereocenters. The molecule has 1 N–H and O–H groups in total. The maximum atomic E-state index is 12.3. The minimum absolute atomic E-state index is 0.0608. The number of rotatable bonds is 3. The number of nitrogens with one attached hydrogen (secondary N) is 1. The van der Waals surface area contributed by atoms with Gasteiger partial charge in [0, 0.05) is 11.4 Å². The smallest absolute Gasteiger partial charge is 0.252 e. The molecule has 1 fully saturated rings. The number of hydrogen-bond donors (Lipinski definition) is 1. The highest BCUT2D eigenvalue weighted by Crippen LogP contribution is 2.27. The molecule has 1 aliphatic carbocycles. The van der Waals surface area contributed by atoms with Gasteiger partial charge in [0.1, 0.15) is 5.54 Å². The Labute approximate surface area is 134 Å². The summed E-state index contributed by atoms with van der Waals surface area (Å²) in [5.74, 6) is 0.712. The van der Waals surface area contributed by atoms with E-state index >= 15 is 0 Å². The largest absolute Gasteiger partial charge is 0.337 e. The summed E-state index contributed by atoms with van der Waals surface area (Å²) in [5.41, 5.74) is 1.07. The molecule has 2 heterocycles. The average Bonchev–Trinajstić information content (AvgIpc) is 2.90. The predicted molar refractivity (Wildman–Crippen MR) is 83.5 cm³/mol. The van der Waals surface area contributed by atoms with Gasteiger partial charge in [-0.25, -0.2) is 9.50 Å². The maximum Gasteiger partial charge on any atom is 0.252 e. The number of nitriles is 1. The first-order valence-corrected chi connectivity index (χ1v) is 7.93. The second kappa shape index (κ2) is 5.95. The normalized spacial score (nSPS) is 16.9. The van der Waals surface area contributed by atoms with Gasteiger partial charge < -0.3 is 5.32 Å². The quantitative estimate of drug-likeness (QED) is 0.929. The Hall–Kier alpha value is -2.49. The molecule has 0 aromatic carbocycles. The van der Waals surface area contributed by atoms with Gasteiger partial charge in [-0.05, 0) is 32.8 Å². The lowest BCUT2D eigenvalue weighted by atomic mass is 9.83. The van der Waals surface area contributed by atoms with E-state index in [4.69, 9.17) is 0 Å². The van der Waals surface area contributed by atoms with Crippen molar-refractivity contribution in [2.24, 2.45) is 0 Å². The summed E-state index contributed by atoms with van der Waals surface area (Å²) in [6.45, 7) is 3.82. The van der Waals surface area contributed by atoms with E-state index in [2.05, 4.69) is 26.5 Å². The van der Waals surface area contributed by atoms with E-state index in [1.165, 1.54) is 0 Å². The second-order valence-electron chi connectivity index (χ2n) is 6.26. The van der Waals surface area contributed by atoms with Gasteiger partial charge in [-0.2, -0.15) is 10.2 Å². The number of fused-ring (bicyclic) bond motifs is 1. The molecule has 2 aromatic heterocycles. The number of hydrogen-bond acceptors (Lipinski definition) is 5. The molecule has 7 nitrogen and oxygen atoms in total. The zero-order valence-electron chi connectivity index (χ0n) is 13.5. The van der Waals surface area contributed by atoms with Crippen molar-refractivity contribution in [2.75, 3.05) is 0 Å². The van der Waals surface area contributed by atoms with E-state index in [1.807, 2.05) is 19.9 Å². The van der Waals surface area contributed by atoms with Gasteiger partial charge >= 0.3 is 0 Å². The Balaban J connectivity index is 1.75. The number of nitrogens with zero attached hydrogens (tertiary/aromatic N) is 5. The fraction of sp³-hybridized carbons (Fsp3) is 0.562. The molecule has 7 heteroatoms. The van der Waals surface area contributed by atoms with E-state index in [0.717, 1.165) is 30.7 Å². The molecule has 0 spiro atoms. The van der Waals surface area contributed by atoms with Crippen molar-refractivity contribution in [1.82, 2.24) is 24.9 Å². The van der Waals surface area contributed by atoms with Crippen LogP contribution in [0.25, 0.3) is 5.78 Å². The Morgan fingerprint density at radius 2 is 2.09 bits per heavy atom. The molecule has 120 valence electrons. The lowest BCUT2D eigenvalue weighted by Crippen LogP contribution is -2.49. The van der Waals surface area contributed by atoms with Crippen molar-refractivity contribution in [3.05, 3.63) is 23.3 Å². The van der Waals surface area contributed by atoms with Gasteiger partial charge in [0.15, 0.2) is 5.82 Å². The van der Waals surface area contributed by atoms with E-state index in [0.29, 0.717) is 24.4 Å². The third-order valence-corrected chi connectivity index (χ3v) is 4.28. The number of aryl methyl sites for hydroxylation is 2. The third-order valence-electron chi connectivity index (χ3n) is 4.28. The molecule has 1 saturated carbocycles. The van der Waals surface area contributed by atoms with Crippen LogP contribution >= 0.6 is 0 Å². The van der Waals surface area contributed by atoms with Crippen molar-refractivity contribution in [3.8, 4) is 6.07 Å². The van der Waals surface area contributed by atoms with Crippen LogP contribution in [0.15, 0.2) is 6.07 Å². The van der Waals surface area contributed by atoms with Crippen molar-refractivity contribution < 1.29 is 4.79 Å². The summed E-state index contributed by atoms with van der Waals surface area (Å²) < 4.78 is 1.64. The van der Waals surface area contributed by atoms with Crippen LogP contribution in [0.5, 0.6) is 0 Å². The van der Waals surface area contributed by atoms with Crippen LogP contribution in [0.3, 0.4) is 0 Å². The average molecular weight is 312 g/mol. The number of aromatic nitrogens is 4. The van der Waals surface area contributed by atoms with E-state index < -0.39 is 5.54 Å². The minimum Gasteiger partial charge on any atom is -0.337 e. The fourth-order valence-electron chi connectivity index (χ4n) is 3.16. The number of amides is 1. The van der Waals surface area contributed by atoms with Crippen LogP contribution < -0.4 is 5.32 Å². The number of carbonyl (C=O) groups is 1. The van der Waals surface area contributed by atoms with Gasteiger partial charge in [-0.1, -0.05) is 19.3 Å². The van der Waals surface area contributed by atoms with Gasteiger partial charge in [-0.3, -0.25) is 4.79 Å². The summed E-state index contributed by atoms with van der Waals surface area (Å²) in [6.07, 6.45) is 4.57. The maximum absolute atomic E-state index is 12.3. The second-order valence-corrected chi connectivity index (χ2v) is 6.26. The van der Waals surface area contributed by atoms with E-state index in [1.54, 1.807) is 4.52 Å². The standard InChI is InChI=1S/C16H20N6O/c1-11-8-12(2)22-15(18-11)19-13(21-22)9-14(23)20-16(10-17)6-4-3-5-7-16/h8H,3-7,9H2,1-2H3,(H,20,23). The molecular formula is C16H20N6O. The van der Waals surface area contributed by atoms with Crippen LogP contribution in [-0.2, 0) is 11.2 Å². The number of carbonyl (C=O) groups excluding carboxylic acids is 1. The third kappa shape index (κ3) is 3.16. The molecule has 0 aliphatic heterocycles. The molecule has 0 bridgehead atoms. The van der Waals surface area contributed by atoms with Crippen LogP contribution in [0.4, 0.5) is 0 Å². The summed E-state index contributed by atoms with van der Waals surface area (Å²) in [7, 11) is 0. The van der Waals surface area contributed by atoms with E-state index in [-0.39, 0.29) is 12.3 Å². The molecular weight excluding hydrogens is 292 g/mol. The molecule has 0 atom stereocenters. The van der Waals surface area contributed by atoms with Crippen LogP contribution in [0.1, 0.15) is 49.3 Å². The van der Waals surface area contributed by atoms with Crippen LogP contribution in [-0.4, -0.2) is 31.0 Å². The fourth-order valence-corrected chi connectivity index (χ4v) is 3.16. The summed E-state index contributed by atoms with van der Waals surface area (Å²) in [4.78, 5) is 20.9. The van der Waals surface area contributed by atoms with Crippen molar-refractivity contribution in [2.45, 2.75) is 57.9 Å². The van der Waals surface area contributed by atoms with Gasteiger partial charge in [0.25, 0.3) is 5.78 Å². The highest BCUT2D eigenvalue weighted by atomic mass is 16.1. The first kappa shape index (κ1) is 15.4. The summed E-state index contributed by atoms with van der Waals surface area (Å²) in [6, 6.07) is 4.20. The lowest BCUT2D eigenvalue weighted by molar-refractivity contribution is -0.122. The van der Waals surface area contributed by atoms with Gasteiger partial charge in [-0.15, -0.1) is 5.10 Å². The Kier molecular flexibility index (Phi) is 3.99. The predicted octanol–water partition coefficient (Wildman–Crippen LogP) is 1.63. The molecule has 0 saturated heterocycles. The Morgan fingerprint density at radius 3 is 2.78 bits per heavy atom. The first-order chi connectivity index (χ1) is 11.0. The summed E-state index contributed by atoms with van der Waals surface area (Å²) in [5, 5.41) is 16.7. The zero-order chi connectivity index (χ0) is 16.4. The Bertz CT molecular complexity index is 782. The van der Waals surface area contributed by atoms with E-state index in [9.17, 15) is 10.1 Å². The van der Waals surface area contributed by atoms with Gasteiger partial charge in [0.05, 0.1) is 12.5 Å². The van der Waals surface area contributed by atoms with Crippen LogP contribution in [0.2, 0.25) is 0 Å². The highest BCUT2D eigenvalue weighted by molar-refractivity contribution is 5.79. The monoisotopic (exact) mass is 312 g/mol. The highest BCUT2D eigenvalue weighted by Gasteiger charge is 2.33. The lowest BCUT2D eigenvalue weighted by Gasteiger charge is -2.31. The van der Waals surface area contributed by atoms with Crippen molar-refractivity contribution >= 4 is 11.7 Å². The first-order valence-electron chi connectivity index (χ1n) is 7.93. The van der Waals surface area contributed by atoms with Gasteiger partial charge in [0.2, 0.25) is 5.91 Å². The summed E-state index contributed by atoms with van der Waals surface area (Å²) >= 11 is 0. The van der Waals surface area contributed by atoms with Crippen molar-refractivity contribution in [1.29, 1.82) is 5.26 Å². The molecule has 0 radical (unpaired) electrons. The molecule has 2 aromatic rings. The minimum atomic E-state index is -0.723. The van der Waals surface area contributed by atoms with Crippen molar-refractivity contribution in [3.63, 3.8) is 0 Å². The molecule has 1 aliphatic rings. The Morgan fingerprint density at radius 1 is 1.35 bits per heavy atom. The molecule has 1 amide bonds. The topological polar surface area (TPSA) is 96.0 Å². The molecule has 3 rings (SSSR count).